The first-order chi connectivity index (χ1) is 10.4. The van der Waals surface area contributed by atoms with E-state index >= 15 is 0 Å². The molecule has 0 bridgehead atoms. The lowest BCUT2D eigenvalue weighted by Crippen LogP contribution is -2.41. The van der Waals surface area contributed by atoms with Crippen LogP contribution in [-0.4, -0.2) is 42.6 Å². The van der Waals surface area contributed by atoms with Gasteiger partial charge < -0.3 is 19.4 Å². The van der Waals surface area contributed by atoms with Crippen molar-refractivity contribution in [2.75, 3.05) is 18.5 Å². The molecule has 2 aliphatic rings. The van der Waals surface area contributed by atoms with E-state index in [-0.39, 0.29) is 18.3 Å². The molecule has 0 aliphatic carbocycles. The molecule has 0 saturated carbocycles. The van der Waals surface area contributed by atoms with Crippen molar-refractivity contribution >= 4 is 18.4 Å². The Labute approximate surface area is 132 Å². The largest absolute Gasteiger partial charge is 0.496 e. The summed E-state index contributed by atoms with van der Waals surface area (Å²) in [4.78, 5) is 4.45. The van der Waals surface area contributed by atoms with Crippen LogP contribution in [0.25, 0.3) is 0 Å². The molecule has 5 nitrogen and oxygen atoms in total. The Morgan fingerprint density at radius 2 is 1.95 bits per heavy atom. The average molecular weight is 304 g/mol. The number of pyridine rings is 1. The van der Waals surface area contributed by atoms with Crippen LogP contribution in [0.4, 0.5) is 5.82 Å². The molecule has 120 valence electrons. The number of rotatable bonds is 4. The minimum absolute atomic E-state index is 0.310. The van der Waals surface area contributed by atoms with Crippen LogP contribution >= 0.6 is 0 Å². The van der Waals surface area contributed by atoms with E-state index in [1.165, 1.54) is 0 Å². The van der Waals surface area contributed by atoms with Crippen molar-refractivity contribution in [2.24, 2.45) is 0 Å². The molecular weight excluding hydrogens is 279 g/mol. The van der Waals surface area contributed by atoms with Gasteiger partial charge in [0.15, 0.2) is 0 Å². The highest BCUT2D eigenvalue weighted by molar-refractivity contribution is 6.62. The van der Waals surface area contributed by atoms with Gasteiger partial charge in [-0.05, 0) is 46.6 Å². The summed E-state index contributed by atoms with van der Waals surface area (Å²) in [5, 5.41) is 3.32. The highest BCUT2D eigenvalue weighted by atomic mass is 16.7. The van der Waals surface area contributed by atoms with E-state index in [1.54, 1.807) is 0 Å². The van der Waals surface area contributed by atoms with Crippen LogP contribution in [0, 0.1) is 0 Å². The third-order valence-electron chi connectivity index (χ3n) is 4.85. The van der Waals surface area contributed by atoms with E-state index in [1.807, 2.05) is 18.3 Å². The standard InChI is InChI=1S/C16H25BN2O3/c1-15(2)16(3,4)22-17(21-15)12-7-8-14(18-10-12)19-11-13-6-5-9-20-13/h7-8,10,13H,5-6,9,11H2,1-4H3,(H,18,19)/t13-/m0/s1. The zero-order valence-electron chi connectivity index (χ0n) is 13.9. The van der Waals surface area contributed by atoms with E-state index in [2.05, 4.69) is 38.0 Å². The fraction of sp³-hybridized carbons (Fsp3) is 0.688. The Balaban J connectivity index is 1.60. The van der Waals surface area contributed by atoms with Crippen molar-refractivity contribution in [1.29, 1.82) is 0 Å². The first-order valence-electron chi connectivity index (χ1n) is 8.04. The summed E-state index contributed by atoms with van der Waals surface area (Å²) in [5.74, 6) is 0.857. The molecule has 2 aliphatic heterocycles. The van der Waals surface area contributed by atoms with E-state index < -0.39 is 0 Å². The minimum atomic E-state index is -0.357. The molecule has 0 amide bonds. The molecular formula is C16H25BN2O3. The summed E-state index contributed by atoms with van der Waals surface area (Å²) >= 11 is 0. The van der Waals surface area contributed by atoms with E-state index in [0.29, 0.717) is 6.10 Å². The Morgan fingerprint density at radius 3 is 2.50 bits per heavy atom. The van der Waals surface area contributed by atoms with Gasteiger partial charge in [0.05, 0.1) is 17.3 Å². The van der Waals surface area contributed by atoms with Gasteiger partial charge in [-0.25, -0.2) is 4.98 Å². The zero-order chi connectivity index (χ0) is 15.8. The summed E-state index contributed by atoms with van der Waals surface area (Å²) in [6.07, 6.45) is 4.41. The molecule has 1 aromatic rings. The summed E-state index contributed by atoms with van der Waals surface area (Å²) in [6, 6.07) is 3.97. The molecule has 0 radical (unpaired) electrons. The molecule has 0 spiro atoms. The Morgan fingerprint density at radius 1 is 1.23 bits per heavy atom. The molecule has 1 atom stereocenters. The third kappa shape index (κ3) is 3.14. The molecule has 22 heavy (non-hydrogen) atoms. The molecule has 3 rings (SSSR count). The topological polar surface area (TPSA) is 52.6 Å². The molecule has 0 aromatic carbocycles. The molecule has 1 N–H and O–H groups in total. The van der Waals surface area contributed by atoms with Gasteiger partial charge in [-0.1, -0.05) is 6.07 Å². The van der Waals surface area contributed by atoms with Crippen LogP contribution in [0.5, 0.6) is 0 Å². The van der Waals surface area contributed by atoms with E-state index in [9.17, 15) is 0 Å². The van der Waals surface area contributed by atoms with Gasteiger partial charge in [0.25, 0.3) is 0 Å². The van der Waals surface area contributed by atoms with Gasteiger partial charge in [-0.15, -0.1) is 0 Å². The maximum absolute atomic E-state index is 6.03. The smallest absolute Gasteiger partial charge is 0.399 e. The van der Waals surface area contributed by atoms with Gasteiger partial charge >= 0.3 is 7.12 Å². The van der Waals surface area contributed by atoms with Crippen LogP contribution in [0.2, 0.25) is 0 Å². The number of ether oxygens (including phenoxy) is 1. The lowest BCUT2D eigenvalue weighted by atomic mass is 9.80. The SMILES string of the molecule is CC1(C)OB(c2ccc(NC[C@@H]3CCCO3)nc2)OC1(C)C. The third-order valence-corrected chi connectivity index (χ3v) is 4.85. The molecule has 0 unspecified atom stereocenters. The van der Waals surface area contributed by atoms with Gasteiger partial charge in [-0.2, -0.15) is 0 Å². The number of aromatic nitrogens is 1. The Hall–Kier alpha value is -1.11. The quantitative estimate of drug-likeness (QED) is 0.862. The van der Waals surface area contributed by atoms with Gasteiger partial charge in [0, 0.05) is 24.8 Å². The minimum Gasteiger partial charge on any atom is -0.399 e. The second-order valence-corrected chi connectivity index (χ2v) is 7.08. The summed E-state index contributed by atoms with van der Waals surface area (Å²) in [6.45, 7) is 9.90. The van der Waals surface area contributed by atoms with Crippen LogP contribution in [0.15, 0.2) is 18.3 Å². The maximum Gasteiger partial charge on any atom is 0.496 e. The monoisotopic (exact) mass is 304 g/mol. The van der Waals surface area contributed by atoms with Crippen molar-refractivity contribution in [2.45, 2.75) is 57.8 Å². The molecule has 3 heterocycles. The fourth-order valence-electron chi connectivity index (χ4n) is 2.65. The summed E-state index contributed by atoms with van der Waals surface area (Å²) in [5.41, 5.74) is 0.296. The summed E-state index contributed by atoms with van der Waals surface area (Å²) in [7, 11) is -0.357. The van der Waals surface area contributed by atoms with Crippen molar-refractivity contribution in [3.8, 4) is 0 Å². The van der Waals surface area contributed by atoms with Crippen molar-refractivity contribution in [3.63, 3.8) is 0 Å². The van der Waals surface area contributed by atoms with Crippen molar-refractivity contribution in [1.82, 2.24) is 4.98 Å². The van der Waals surface area contributed by atoms with Crippen molar-refractivity contribution < 1.29 is 14.0 Å². The van der Waals surface area contributed by atoms with Crippen LogP contribution in [0.1, 0.15) is 40.5 Å². The number of anilines is 1. The highest BCUT2D eigenvalue weighted by Crippen LogP contribution is 2.36. The van der Waals surface area contributed by atoms with Gasteiger partial charge in [0.2, 0.25) is 0 Å². The lowest BCUT2D eigenvalue weighted by molar-refractivity contribution is 0.00578. The normalized spacial score (nSPS) is 26.4. The zero-order valence-corrected chi connectivity index (χ0v) is 13.9. The van der Waals surface area contributed by atoms with E-state index in [0.717, 1.165) is 37.3 Å². The number of hydrogen-bond donors (Lipinski definition) is 1. The molecule has 2 saturated heterocycles. The fourth-order valence-corrected chi connectivity index (χ4v) is 2.65. The van der Waals surface area contributed by atoms with Crippen LogP contribution in [-0.2, 0) is 14.0 Å². The first-order valence-corrected chi connectivity index (χ1v) is 8.04. The van der Waals surface area contributed by atoms with Gasteiger partial charge in [-0.3, -0.25) is 0 Å². The lowest BCUT2D eigenvalue weighted by Gasteiger charge is -2.32. The maximum atomic E-state index is 6.03. The molecule has 1 aromatic heterocycles. The number of nitrogens with zero attached hydrogens (tertiary/aromatic N) is 1. The van der Waals surface area contributed by atoms with Gasteiger partial charge in [0.1, 0.15) is 5.82 Å². The summed E-state index contributed by atoms with van der Waals surface area (Å²) < 4.78 is 17.7. The van der Waals surface area contributed by atoms with Crippen LogP contribution in [0.3, 0.4) is 0 Å². The van der Waals surface area contributed by atoms with Crippen LogP contribution < -0.4 is 10.8 Å². The molecule has 2 fully saturated rings. The predicted molar refractivity (Wildman–Crippen MR) is 87.4 cm³/mol. The Kier molecular flexibility index (Phi) is 4.18. The predicted octanol–water partition coefficient (Wildman–Crippen LogP) is 1.97. The second-order valence-electron chi connectivity index (χ2n) is 7.08. The first kappa shape index (κ1) is 15.8. The highest BCUT2D eigenvalue weighted by Gasteiger charge is 2.51. The number of hydrogen-bond acceptors (Lipinski definition) is 5. The number of nitrogens with one attached hydrogen (secondary N) is 1. The van der Waals surface area contributed by atoms with Crippen molar-refractivity contribution in [3.05, 3.63) is 18.3 Å². The average Bonchev–Trinajstić information content (AvgIpc) is 3.04. The Bertz CT molecular complexity index is 497. The second kappa shape index (κ2) is 5.83. The van der Waals surface area contributed by atoms with E-state index in [4.69, 9.17) is 14.0 Å². The molecule has 6 heteroatoms.